The molecule has 1 heterocycles. The quantitative estimate of drug-likeness (QED) is 0.0917. The molecule has 15 heteroatoms. The van der Waals surface area contributed by atoms with E-state index in [0.717, 1.165) is 5.01 Å². The summed E-state index contributed by atoms with van der Waals surface area (Å²) in [7, 11) is -1.46. The van der Waals surface area contributed by atoms with Crippen molar-refractivity contribution < 1.29 is 42.1 Å². The molecule has 0 radical (unpaired) electrons. The topological polar surface area (TPSA) is 203 Å². The van der Waals surface area contributed by atoms with Gasteiger partial charge in [-0.05, 0) is 42.7 Å². The van der Waals surface area contributed by atoms with E-state index in [-0.39, 0.29) is 49.3 Å². The average Bonchev–Trinajstić information content (AvgIpc) is 3.36. The Balaban J connectivity index is 1.84. The summed E-state index contributed by atoms with van der Waals surface area (Å²) in [4.78, 5) is 25.4. The lowest BCUT2D eigenvalue weighted by Crippen LogP contribution is -2.54. The first-order valence-electron chi connectivity index (χ1n) is 11.7. The number of fused-ring (bicyclic) bond motifs is 1. The molecule has 0 saturated heterocycles. The monoisotopic (exact) mass is 565 g/mol. The number of nitrogens with two attached hydrogens (primary N) is 1. The summed E-state index contributed by atoms with van der Waals surface area (Å²) in [5, 5.41) is 20.6. The number of carboxylic acid groups (broad SMARTS) is 1. The third kappa shape index (κ3) is 7.64. The van der Waals surface area contributed by atoms with Crippen LogP contribution in [0.25, 0.3) is 0 Å². The number of hydrazine groups is 1. The van der Waals surface area contributed by atoms with E-state index in [1.807, 2.05) is 0 Å². The van der Waals surface area contributed by atoms with E-state index in [1.54, 1.807) is 18.2 Å². The Kier molecular flexibility index (Phi) is 9.78. The fourth-order valence-corrected chi connectivity index (χ4v) is 5.00. The highest BCUT2D eigenvalue weighted by atomic mass is 32.2. The molecule has 6 N–H and O–H groups in total. The summed E-state index contributed by atoms with van der Waals surface area (Å²) in [5.41, 5.74) is 8.69. The molecular weight excluding hydrogens is 534 g/mol. The number of carbonyl (C=O) groups is 2. The van der Waals surface area contributed by atoms with Gasteiger partial charge in [0.1, 0.15) is 11.8 Å². The van der Waals surface area contributed by atoms with Gasteiger partial charge in [-0.1, -0.05) is 6.07 Å². The molecule has 2 aromatic rings. The molecule has 3 rings (SSSR count). The van der Waals surface area contributed by atoms with E-state index in [4.69, 9.17) is 30.1 Å². The average molecular weight is 566 g/mol. The highest BCUT2D eigenvalue weighted by Crippen LogP contribution is 2.32. The lowest BCUT2D eigenvalue weighted by molar-refractivity contribution is -0.152. The zero-order chi connectivity index (χ0) is 28.6. The number of sulfone groups is 1. The van der Waals surface area contributed by atoms with Crippen molar-refractivity contribution in [1.82, 2.24) is 15.8 Å². The Morgan fingerprint density at radius 1 is 1.13 bits per heavy atom. The molecule has 1 aliphatic rings. The summed E-state index contributed by atoms with van der Waals surface area (Å²) in [6.45, 7) is 0.252. The van der Waals surface area contributed by atoms with Gasteiger partial charge in [-0.15, -0.1) is 0 Å². The lowest BCUT2D eigenvalue weighted by Gasteiger charge is -2.30. The standard InChI is InChI=1S/C24H31N5O9S/c1-35-18-8-6-16(11-20(18)36-2)39(33,34)13-22(30)29(17(23(31)32)4-3-9-27-24(25)26)28-12-15-5-7-19-21(10-15)38-14-37-19/h5-8,10-11,17,28H,3-4,9,12-14H2,1-2H3,(H,31,32)(H4,25,26,27)/t17-/m0/s1. The molecule has 0 unspecified atom stereocenters. The fraction of sp³-hybridized carbons (Fsp3) is 0.375. The summed E-state index contributed by atoms with van der Waals surface area (Å²) in [5.74, 6) is -2.10. The maximum Gasteiger partial charge on any atom is 0.328 e. The van der Waals surface area contributed by atoms with Gasteiger partial charge in [0.15, 0.2) is 38.8 Å². The Morgan fingerprint density at radius 3 is 2.51 bits per heavy atom. The van der Waals surface area contributed by atoms with Gasteiger partial charge in [0, 0.05) is 19.2 Å². The SMILES string of the molecule is COc1ccc(S(=O)(=O)CC(=O)N(NCc2ccc3c(c2)OCO3)[C@@H](CCCNC(=N)N)C(=O)O)cc1OC. The van der Waals surface area contributed by atoms with E-state index in [2.05, 4.69) is 10.7 Å². The van der Waals surface area contributed by atoms with Gasteiger partial charge in [-0.3, -0.25) is 15.2 Å². The van der Waals surface area contributed by atoms with Gasteiger partial charge < -0.3 is 35.1 Å². The third-order valence-electron chi connectivity index (χ3n) is 5.75. The first-order chi connectivity index (χ1) is 18.6. The van der Waals surface area contributed by atoms with Crippen molar-refractivity contribution in [2.75, 3.05) is 33.3 Å². The minimum Gasteiger partial charge on any atom is -0.493 e. The van der Waals surface area contributed by atoms with Crippen molar-refractivity contribution in [3.8, 4) is 23.0 Å². The van der Waals surface area contributed by atoms with E-state index in [0.29, 0.717) is 22.8 Å². The predicted octanol–water partition coefficient (Wildman–Crippen LogP) is 0.456. The summed E-state index contributed by atoms with van der Waals surface area (Å²) in [6.07, 6.45) is 0.181. The second-order valence-corrected chi connectivity index (χ2v) is 10.4. The van der Waals surface area contributed by atoms with E-state index < -0.39 is 33.5 Å². The van der Waals surface area contributed by atoms with E-state index >= 15 is 0 Å². The molecule has 0 bridgehead atoms. The smallest absolute Gasteiger partial charge is 0.328 e. The number of rotatable bonds is 14. The Hall–Kier alpha value is -4.24. The Bertz CT molecular complexity index is 1320. The maximum atomic E-state index is 13.4. The zero-order valence-corrected chi connectivity index (χ0v) is 22.2. The Labute approximate surface area is 225 Å². The van der Waals surface area contributed by atoms with Crippen LogP contribution in [-0.2, 0) is 26.0 Å². The minimum absolute atomic E-state index is 0.00569. The number of hydrogen-bond acceptors (Lipinski definition) is 10. The molecule has 14 nitrogen and oxygen atoms in total. The summed E-state index contributed by atoms with van der Waals surface area (Å²) < 4.78 is 47.2. The van der Waals surface area contributed by atoms with Crippen LogP contribution in [0.3, 0.4) is 0 Å². The number of ether oxygens (including phenoxy) is 4. The highest BCUT2D eigenvalue weighted by molar-refractivity contribution is 7.92. The van der Waals surface area contributed by atoms with E-state index in [9.17, 15) is 23.1 Å². The van der Waals surface area contributed by atoms with Crippen molar-refractivity contribution in [3.63, 3.8) is 0 Å². The fourth-order valence-electron chi connectivity index (χ4n) is 3.81. The number of hydrogen-bond donors (Lipinski definition) is 5. The van der Waals surface area contributed by atoms with Gasteiger partial charge in [-0.2, -0.15) is 0 Å². The molecule has 0 aromatic heterocycles. The van der Waals surface area contributed by atoms with Gasteiger partial charge in [0.25, 0.3) is 5.91 Å². The van der Waals surface area contributed by atoms with Gasteiger partial charge in [0.05, 0.1) is 19.1 Å². The van der Waals surface area contributed by atoms with Crippen LogP contribution in [0.5, 0.6) is 23.0 Å². The largest absolute Gasteiger partial charge is 0.493 e. The van der Waals surface area contributed by atoms with Crippen molar-refractivity contribution in [2.45, 2.75) is 30.3 Å². The molecule has 1 atom stereocenters. The summed E-state index contributed by atoms with van der Waals surface area (Å²) in [6, 6.07) is 7.54. The van der Waals surface area contributed by atoms with Crippen LogP contribution >= 0.6 is 0 Å². The molecule has 0 saturated carbocycles. The molecule has 1 amide bonds. The lowest BCUT2D eigenvalue weighted by atomic mass is 10.1. The number of benzene rings is 2. The number of nitrogens with one attached hydrogen (secondary N) is 3. The minimum atomic E-state index is -4.20. The van der Waals surface area contributed by atoms with Crippen LogP contribution in [-0.4, -0.2) is 75.7 Å². The normalized spacial score (nSPS) is 12.9. The van der Waals surface area contributed by atoms with Gasteiger partial charge in [0.2, 0.25) is 6.79 Å². The molecule has 39 heavy (non-hydrogen) atoms. The first kappa shape index (κ1) is 29.3. The number of carboxylic acids is 1. The number of amides is 1. The molecular formula is C24H31N5O9S. The van der Waals surface area contributed by atoms with Crippen molar-refractivity contribution in [3.05, 3.63) is 42.0 Å². The molecule has 0 fully saturated rings. The molecule has 2 aromatic carbocycles. The second kappa shape index (κ2) is 13.0. The predicted molar refractivity (Wildman–Crippen MR) is 138 cm³/mol. The van der Waals surface area contributed by atoms with Crippen molar-refractivity contribution in [1.29, 1.82) is 5.41 Å². The van der Waals surface area contributed by atoms with Gasteiger partial charge >= 0.3 is 5.97 Å². The maximum absolute atomic E-state index is 13.4. The Morgan fingerprint density at radius 2 is 1.85 bits per heavy atom. The highest BCUT2D eigenvalue weighted by Gasteiger charge is 2.33. The molecule has 0 aliphatic carbocycles. The van der Waals surface area contributed by atoms with Crippen LogP contribution in [0.15, 0.2) is 41.3 Å². The number of nitrogens with zero attached hydrogens (tertiary/aromatic N) is 1. The van der Waals surface area contributed by atoms with Crippen molar-refractivity contribution in [2.24, 2.45) is 5.73 Å². The van der Waals surface area contributed by atoms with Crippen LogP contribution in [0.2, 0.25) is 0 Å². The molecule has 212 valence electrons. The zero-order valence-electron chi connectivity index (χ0n) is 21.4. The number of carbonyl (C=O) groups excluding carboxylic acids is 1. The van der Waals surface area contributed by atoms with E-state index in [1.165, 1.54) is 32.4 Å². The summed E-state index contributed by atoms with van der Waals surface area (Å²) >= 11 is 0. The van der Waals surface area contributed by atoms with Crippen LogP contribution in [0, 0.1) is 5.41 Å². The van der Waals surface area contributed by atoms with Crippen LogP contribution in [0.4, 0.5) is 0 Å². The molecule has 0 spiro atoms. The molecule has 1 aliphatic heterocycles. The van der Waals surface area contributed by atoms with Crippen LogP contribution in [0.1, 0.15) is 18.4 Å². The van der Waals surface area contributed by atoms with Crippen molar-refractivity contribution >= 4 is 27.7 Å². The second-order valence-electron chi connectivity index (χ2n) is 8.40. The first-order valence-corrected chi connectivity index (χ1v) is 13.4. The van der Waals surface area contributed by atoms with Crippen LogP contribution < -0.4 is 35.4 Å². The number of methoxy groups -OCH3 is 2. The van der Waals surface area contributed by atoms with Gasteiger partial charge in [-0.25, -0.2) is 18.6 Å². The number of guanidine groups is 1. The third-order valence-corrected chi connectivity index (χ3v) is 7.35. The number of aliphatic carboxylic acids is 1.